The van der Waals surface area contributed by atoms with E-state index in [1.165, 1.54) is 19.3 Å². The molecule has 0 aliphatic heterocycles. The van der Waals surface area contributed by atoms with Crippen molar-refractivity contribution in [2.75, 3.05) is 13.2 Å². The SMILES string of the molecule is NCCCCCCCCCOS(=O)(O)=S. The first kappa shape index (κ1) is 15.2. The molecule has 92 valence electrons. The van der Waals surface area contributed by atoms with E-state index >= 15 is 0 Å². The Morgan fingerprint density at radius 1 is 1.07 bits per heavy atom. The van der Waals surface area contributed by atoms with Crippen LogP contribution >= 0.6 is 0 Å². The van der Waals surface area contributed by atoms with Crippen molar-refractivity contribution in [1.82, 2.24) is 0 Å². The fourth-order valence-electron chi connectivity index (χ4n) is 1.29. The first-order chi connectivity index (χ1) is 7.06. The Balaban J connectivity index is 3.06. The van der Waals surface area contributed by atoms with Gasteiger partial charge in [-0.2, -0.15) is 4.21 Å². The number of hydrogen-bond acceptors (Lipinski definition) is 4. The van der Waals surface area contributed by atoms with Crippen LogP contribution in [0, 0.1) is 0 Å². The lowest BCUT2D eigenvalue weighted by molar-refractivity contribution is 0.294. The van der Waals surface area contributed by atoms with Gasteiger partial charge < -0.3 is 5.73 Å². The van der Waals surface area contributed by atoms with Gasteiger partial charge in [0.1, 0.15) is 0 Å². The van der Waals surface area contributed by atoms with E-state index in [0.717, 1.165) is 32.2 Å². The fourth-order valence-corrected chi connectivity index (χ4v) is 1.83. The van der Waals surface area contributed by atoms with Gasteiger partial charge in [0.05, 0.1) is 6.61 Å². The summed E-state index contributed by atoms with van der Waals surface area (Å²) in [7, 11) is -3.41. The van der Waals surface area contributed by atoms with Crippen LogP contribution in [0.15, 0.2) is 0 Å². The normalized spacial score (nSPS) is 15.1. The lowest BCUT2D eigenvalue weighted by Gasteiger charge is -2.02. The Labute approximate surface area is 97.3 Å². The van der Waals surface area contributed by atoms with Crippen LogP contribution < -0.4 is 5.73 Å². The summed E-state index contributed by atoms with van der Waals surface area (Å²) < 4.78 is 23.7. The van der Waals surface area contributed by atoms with Gasteiger partial charge in [0.15, 0.2) is 0 Å². The Kier molecular flexibility index (Phi) is 9.63. The molecule has 0 saturated heterocycles. The Morgan fingerprint density at radius 2 is 1.53 bits per heavy atom. The molecule has 0 aromatic heterocycles. The van der Waals surface area contributed by atoms with Crippen molar-refractivity contribution in [2.24, 2.45) is 5.73 Å². The summed E-state index contributed by atoms with van der Waals surface area (Å²) in [6.45, 7) is 1.05. The molecule has 0 amide bonds. The van der Waals surface area contributed by atoms with Gasteiger partial charge in [-0.3, -0.25) is 8.74 Å². The van der Waals surface area contributed by atoms with Crippen LogP contribution in [0.1, 0.15) is 44.9 Å². The molecule has 0 fully saturated rings. The predicted octanol–water partition coefficient (Wildman–Crippen LogP) is 1.83. The highest BCUT2D eigenvalue weighted by Crippen LogP contribution is 2.07. The third-order valence-electron chi connectivity index (χ3n) is 2.08. The maximum absolute atomic E-state index is 10.5. The van der Waals surface area contributed by atoms with Gasteiger partial charge in [0.2, 0.25) is 0 Å². The molecule has 4 nitrogen and oxygen atoms in total. The molecule has 0 radical (unpaired) electrons. The first-order valence-electron chi connectivity index (χ1n) is 5.38. The van der Waals surface area contributed by atoms with E-state index in [1.54, 1.807) is 0 Å². The molecule has 0 aliphatic carbocycles. The van der Waals surface area contributed by atoms with Gasteiger partial charge in [-0.05, 0) is 19.4 Å². The first-order valence-corrected chi connectivity index (χ1v) is 7.74. The van der Waals surface area contributed by atoms with Crippen molar-refractivity contribution in [3.63, 3.8) is 0 Å². The smallest absolute Gasteiger partial charge is 0.266 e. The largest absolute Gasteiger partial charge is 0.330 e. The van der Waals surface area contributed by atoms with E-state index in [4.69, 9.17) is 10.3 Å². The van der Waals surface area contributed by atoms with E-state index in [2.05, 4.69) is 15.4 Å². The second-order valence-electron chi connectivity index (χ2n) is 3.51. The third kappa shape index (κ3) is 14.2. The quantitative estimate of drug-likeness (QED) is 0.583. The molecule has 1 atom stereocenters. The number of nitrogens with two attached hydrogens (primary N) is 1. The Bertz CT molecular complexity index is 230. The highest BCUT2D eigenvalue weighted by atomic mass is 32.9. The van der Waals surface area contributed by atoms with Crippen molar-refractivity contribution in [1.29, 1.82) is 0 Å². The van der Waals surface area contributed by atoms with E-state index in [9.17, 15) is 4.21 Å². The summed E-state index contributed by atoms with van der Waals surface area (Å²) in [5.74, 6) is 0. The van der Waals surface area contributed by atoms with Crippen molar-refractivity contribution < 1.29 is 12.9 Å². The van der Waals surface area contributed by atoms with Crippen molar-refractivity contribution >= 4 is 20.2 Å². The standard InChI is InChI=1S/C9H21NO3S2/c10-8-6-4-2-1-3-5-7-9-13-15(11,12)14/h1-10H2,(H,11,12,14). The number of unbranched alkanes of at least 4 members (excludes halogenated alkanes) is 6. The number of rotatable bonds is 10. The van der Waals surface area contributed by atoms with Crippen LogP contribution in [0.3, 0.4) is 0 Å². The topological polar surface area (TPSA) is 72.5 Å². The summed E-state index contributed by atoms with van der Waals surface area (Å²) in [6, 6.07) is 0. The molecule has 0 bridgehead atoms. The van der Waals surface area contributed by atoms with E-state index in [0.29, 0.717) is 0 Å². The molecule has 0 rings (SSSR count). The van der Waals surface area contributed by atoms with Gasteiger partial charge in [-0.25, -0.2) is 0 Å². The lowest BCUT2D eigenvalue weighted by Crippen LogP contribution is -2.03. The van der Waals surface area contributed by atoms with E-state index < -0.39 is 9.05 Å². The molecule has 0 aromatic carbocycles. The van der Waals surface area contributed by atoms with Gasteiger partial charge in [0, 0.05) is 11.2 Å². The average molecular weight is 255 g/mol. The summed E-state index contributed by atoms with van der Waals surface area (Å²) in [5.41, 5.74) is 5.37. The fraction of sp³-hybridized carbons (Fsp3) is 1.00. The van der Waals surface area contributed by atoms with E-state index in [1.807, 2.05) is 0 Å². The molecular weight excluding hydrogens is 234 g/mol. The van der Waals surface area contributed by atoms with Gasteiger partial charge in [0.25, 0.3) is 9.05 Å². The second kappa shape index (κ2) is 9.47. The summed E-state index contributed by atoms with van der Waals surface area (Å²) in [6.07, 6.45) is 7.67. The van der Waals surface area contributed by atoms with Crippen LogP contribution in [0.2, 0.25) is 0 Å². The van der Waals surface area contributed by atoms with Crippen molar-refractivity contribution in [3.8, 4) is 0 Å². The van der Waals surface area contributed by atoms with Crippen LogP contribution in [0.5, 0.6) is 0 Å². The predicted molar refractivity (Wildman–Crippen MR) is 65.5 cm³/mol. The van der Waals surface area contributed by atoms with Gasteiger partial charge in [-0.1, -0.05) is 32.1 Å². The third-order valence-corrected chi connectivity index (χ3v) is 2.83. The van der Waals surface area contributed by atoms with Crippen LogP contribution in [-0.4, -0.2) is 21.9 Å². The van der Waals surface area contributed by atoms with Crippen molar-refractivity contribution in [2.45, 2.75) is 44.9 Å². The Morgan fingerprint density at radius 3 is 2.00 bits per heavy atom. The van der Waals surface area contributed by atoms with Gasteiger partial charge in [-0.15, -0.1) is 0 Å². The zero-order valence-electron chi connectivity index (χ0n) is 9.02. The molecule has 0 saturated carbocycles. The van der Waals surface area contributed by atoms with E-state index in [-0.39, 0.29) is 6.61 Å². The average Bonchev–Trinajstić information content (AvgIpc) is 2.14. The molecular formula is C9H21NO3S2. The maximum Gasteiger partial charge on any atom is 0.266 e. The molecule has 0 spiro atoms. The summed E-state index contributed by atoms with van der Waals surface area (Å²) >= 11 is 4.18. The zero-order chi connectivity index (χ0) is 11.6. The highest BCUT2D eigenvalue weighted by molar-refractivity contribution is 8.27. The Hall–Kier alpha value is 0.250. The second-order valence-corrected chi connectivity index (χ2v) is 5.87. The number of hydrogen-bond donors (Lipinski definition) is 2. The summed E-state index contributed by atoms with van der Waals surface area (Å²) in [4.78, 5) is 0. The highest BCUT2D eigenvalue weighted by Gasteiger charge is 1.98. The molecule has 6 heteroatoms. The van der Waals surface area contributed by atoms with Crippen LogP contribution in [0.25, 0.3) is 0 Å². The summed E-state index contributed by atoms with van der Waals surface area (Å²) in [5, 5.41) is 0. The minimum absolute atomic E-state index is 0.279. The molecule has 15 heavy (non-hydrogen) atoms. The molecule has 0 heterocycles. The minimum atomic E-state index is -3.41. The molecule has 0 aromatic rings. The van der Waals surface area contributed by atoms with Crippen molar-refractivity contribution in [3.05, 3.63) is 0 Å². The van der Waals surface area contributed by atoms with Gasteiger partial charge >= 0.3 is 0 Å². The molecule has 1 unspecified atom stereocenters. The zero-order valence-corrected chi connectivity index (χ0v) is 10.7. The van der Waals surface area contributed by atoms with Crippen LogP contribution in [-0.2, 0) is 24.4 Å². The monoisotopic (exact) mass is 255 g/mol. The maximum atomic E-state index is 10.5. The minimum Gasteiger partial charge on any atom is -0.330 e. The molecule has 0 aliphatic rings. The molecule has 3 N–H and O–H groups in total. The lowest BCUT2D eigenvalue weighted by atomic mass is 10.1. The van der Waals surface area contributed by atoms with Crippen LogP contribution in [0.4, 0.5) is 0 Å².